The second-order valence-electron chi connectivity index (χ2n) is 5.04. The molecule has 24 heavy (non-hydrogen) atoms. The van der Waals surface area contributed by atoms with Crippen molar-refractivity contribution in [1.29, 1.82) is 0 Å². The predicted molar refractivity (Wildman–Crippen MR) is 99.9 cm³/mol. The van der Waals surface area contributed by atoms with Crippen molar-refractivity contribution in [3.8, 4) is 0 Å². The zero-order chi connectivity index (χ0) is 17.3. The van der Waals surface area contributed by atoms with Crippen LogP contribution in [0.1, 0.15) is 10.4 Å². The Morgan fingerprint density at radius 1 is 1.00 bits per heavy atom. The Labute approximate surface area is 159 Å². The molecule has 0 atom stereocenters. The third-order valence-electron chi connectivity index (χ3n) is 3.42. The van der Waals surface area contributed by atoms with Gasteiger partial charge in [-0.3, -0.25) is 14.7 Å². The van der Waals surface area contributed by atoms with E-state index in [2.05, 4.69) is 10.3 Å². The van der Waals surface area contributed by atoms with Crippen molar-refractivity contribution in [2.75, 3.05) is 18.4 Å². The molecule has 0 unspecified atom stereocenters. The summed E-state index contributed by atoms with van der Waals surface area (Å²) in [5, 5.41) is 4.79. The summed E-state index contributed by atoms with van der Waals surface area (Å²) in [6.07, 6.45) is 0. The molecule has 1 heterocycles. The van der Waals surface area contributed by atoms with E-state index < -0.39 is 0 Å². The maximum absolute atomic E-state index is 12.8. The van der Waals surface area contributed by atoms with E-state index >= 15 is 0 Å². The van der Waals surface area contributed by atoms with E-state index in [0.717, 1.165) is 0 Å². The minimum atomic E-state index is -0.281. The fourth-order valence-electron chi connectivity index (χ4n) is 2.27. The number of hydrogen-bond donors (Lipinski definition) is 1. The molecule has 124 valence electrons. The number of benzene rings is 2. The normalized spacial score (nSPS) is 13.8. The molecule has 0 spiro atoms. The summed E-state index contributed by atoms with van der Waals surface area (Å²) < 4.78 is 0. The SMILES string of the molecule is O=C(c1cc(Cl)ccc1Cl)N1CCN=C1Nc1ccc(Cl)cc1Cl. The lowest BCUT2D eigenvalue weighted by Crippen LogP contribution is -2.38. The topological polar surface area (TPSA) is 44.7 Å². The van der Waals surface area contributed by atoms with Gasteiger partial charge in [-0.2, -0.15) is 0 Å². The molecule has 0 bridgehead atoms. The van der Waals surface area contributed by atoms with Crippen molar-refractivity contribution in [3.05, 3.63) is 62.1 Å². The highest BCUT2D eigenvalue weighted by Gasteiger charge is 2.27. The standard InChI is InChI=1S/C16H11Cl4N3O/c17-9-1-3-12(19)11(7-9)15(24)23-6-5-21-16(23)22-14-4-2-10(18)8-13(14)20/h1-4,7-8H,5-6H2,(H,21,22). The van der Waals surface area contributed by atoms with E-state index in [1.165, 1.54) is 11.0 Å². The molecule has 1 amide bonds. The molecule has 1 N–H and O–H groups in total. The maximum Gasteiger partial charge on any atom is 0.262 e. The van der Waals surface area contributed by atoms with Crippen LogP contribution in [0.4, 0.5) is 5.69 Å². The minimum Gasteiger partial charge on any atom is -0.324 e. The number of nitrogens with one attached hydrogen (secondary N) is 1. The number of anilines is 1. The van der Waals surface area contributed by atoms with Crippen LogP contribution in [0.25, 0.3) is 0 Å². The summed E-state index contributed by atoms with van der Waals surface area (Å²) >= 11 is 24.1. The summed E-state index contributed by atoms with van der Waals surface area (Å²) in [5.41, 5.74) is 0.930. The van der Waals surface area contributed by atoms with Crippen LogP contribution in [0.3, 0.4) is 0 Å². The molecular formula is C16H11Cl4N3O. The van der Waals surface area contributed by atoms with Crippen LogP contribution in [0, 0.1) is 0 Å². The van der Waals surface area contributed by atoms with Crippen molar-refractivity contribution in [2.45, 2.75) is 0 Å². The second kappa shape index (κ2) is 7.19. The average molecular weight is 403 g/mol. The Balaban J connectivity index is 1.85. The summed E-state index contributed by atoms with van der Waals surface area (Å²) in [6.45, 7) is 0.923. The molecule has 1 aliphatic heterocycles. The van der Waals surface area contributed by atoms with E-state index in [1.807, 2.05) is 0 Å². The third-order valence-corrected chi connectivity index (χ3v) is 4.53. The molecule has 2 aromatic carbocycles. The van der Waals surface area contributed by atoms with Crippen LogP contribution in [0.5, 0.6) is 0 Å². The number of guanidine groups is 1. The highest BCUT2D eigenvalue weighted by Crippen LogP contribution is 2.27. The molecule has 8 heteroatoms. The number of hydrogen-bond acceptors (Lipinski definition) is 3. The molecule has 0 saturated carbocycles. The quantitative estimate of drug-likeness (QED) is 0.747. The van der Waals surface area contributed by atoms with Crippen molar-refractivity contribution in [1.82, 2.24) is 4.90 Å². The zero-order valence-corrected chi connectivity index (χ0v) is 15.2. The number of aliphatic imine (C=N–C) groups is 1. The highest BCUT2D eigenvalue weighted by atomic mass is 35.5. The lowest BCUT2D eigenvalue weighted by Gasteiger charge is -2.20. The van der Waals surface area contributed by atoms with Crippen molar-refractivity contribution >= 4 is 64.0 Å². The van der Waals surface area contributed by atoms with Gasteiger partial charge in [0.2, 0.25) is 5.96 Å². The van der Waals surface area contributed by atoms with Crippen molar-refractivity contribution < 1.29 is 4.79 Å². The number of carbonyl (C=O) groups excluding carboxylic acids is 1. The maximum atomic E-state index is 12.8. The van der Waals surface area contributed by atoms with Gasteiger partial charge in [-0.15, -0.1) is 0 Å². The van der Waals surface area contributed by atoms with Gasteiger partial charge in [0.25, 0.3) is 5.91 Å². The number of halogens is 4. The average Bonchev–Trinajstić information content (AvgIpc) is 3.00. The zero-order valence-electron chi connectivity index (χ0n) is 12.2. The van der Waals surface area contributed by atoms with Crippen LogP contribution in [-0.2, 0) is 0 Å². The van der Waals surface area contributed by atoms with E-state index in [-0.39, 0.29) is 5.91 Å². The molecule has 0 aliphatic carbocycles. The van der Waals surface area contributed by atoms with Gasteiger partial charge < -0.3 is 5.32 Å². The van der Waals surface area contributed by atoms with Crippen LogP contribution in [0.15, 0.2) is 41.4 Å². The monoisotopic (exact) mass is 401 g/mol. The van der Waals surface area contributed by atoms with Crippen LogP contribution >= 0.6 is 46.4 Å². The van der Waals surface area contributed by atoms with Crippen LogP contribution in [-0.4, -0.2) is 29.9 Å². The van der Waals surface area contributed by atoms with Gasteiger partial charge in [-0.05, 0) is 36.4 Å². The summed E-state index contributed by atoms with van der Waals surface area (Å²) in [4.78, 5) is 18.6. The summed E-state index contributed by atoms with van der Waals surface area (Å²) in [5.74, 6) is 0.122. The van der Waals surface area contributed by atoms with E-state index in [4.69, 9.17) is 46.4 Å². The predicted octanol–water partition coefficient (Wildman–Crippen LogP) is 5.22. The molecule has 2 aromatic rings. The smallest absolute Gasteiger partial charge is 0.262 e. The first-order chi connectivity index (χ1) is 11.5. The fraction of sp³-hybridized carbons (Fsp3) is 0.125. The van der Waals surface area contributed by atoms with Crippen LogP contribution < -0.4 is 5.32 Å². The fourth-order valence-corrected chi connectivity index (χ4v) is 3.10. The Hall–Kier alpha value is -1.46. The molecule has 0 aromatic heterocycles. The first kappa shape index (κ1) is 17.4. The molecule has 4 nitrogen and oxygen atoms in total. The first-order valence-electron chi connectivity index (χ1n) is 6.99. The van der Waals surface area contributed by atoms with Gasteiger partial charge in [0.1, 0.15) is 0 Å². The van der Waals surface area contributed by atoms with E-state index in [1.54, 1.807) is 30.3 Å². The summed E-state index contributed by atoms with van der Waals surface area (Å²) in [6, 6.07) is 9.79. The Morgan fingerprint density at radius 2 is 1.71 bits per heavy atom. The Morgan fingerprint density at radius 3 is 2.46 bits per heavy atom. The first-order valence-corrected chi connectivity index (χ1v) is 8.50. The molecule has 0 fully saturated rings. The highest BCUT2D eigenvalue weighted by molar-refractivity contribution is 6.37. The van der Waals surface area contributed by atoms with Crippen molar-refractivity contribution in [2.24, 2.45) is 4.99 Å². The Bertz CT molecular complexity index is 838. The number of nitrogens with zero attached hydrogens (tertiary/aromatic N) is 2. The lowest BCUT2D eigenvalue weighted by atomic mass is 10.2. The van der Waals surface area contributed by atoms with Gasteiger partial charge in [0.05, 0.1) is 27.8 Å². The summed E-state index contributed by atoms with van der Waals surface area (Å²) in [7, 11) is 0. The Kier molecular flexibility index (Phi) is 5.21. The van der Waals surface area contributed by atoms with E-state index in [0.29, 0.717) is 50.4 Å². The molecule has 1 aliphatic rings. The molecule has 0 radical (unpaired) electrons. The van der Waals surface area contributed by atoms with Crippen LogP contribution in [0.2, 0.25) is 20.1 Å². The number of carbonyl (C=O) groups is 1. The van der Waals surface area contributed by atoms with Gasteiger partial charge in [-0.1, -0.05) is 46.4 Å². The lowest BCUT2D eigenvalue weighted by molar-refractivity contribution is 0.0858. The number of amides is 1. The van der Waals surface area contributed by atoms with Gasteiger partial charge in [0.15, 0.2) is 0 Å². The molecule has 3 rings (SSSR count). The van der Waals surface area contributed by atoms with Gasteiger partial charge in [0, 0.05) is 16.6 Å². The largest absolute Gasteiger partial charge is 0.324 e. The van der Waals surface area contributed by atoms with Gasteiger partial charge >= 0.3 is 0 Å². The van der Waals surface area contributed by atoms with Gasteiger partial charge in [-0.25, -0.2) is 0 Å². The third kappa shape index (κ3) is 3.62. The minimum absolute atomic E-state index is 0.281. The van der Waals surface area contributed by atoms with Crippen molar-refractivity contribution in [3.63, 3.8) is 0 Å². The molecular weight excluding hydrogens is 392 g/mol. The number of rotatable bonds is 2. The second-order valence-corrected chi connectivity index (χ2v) is 6.72. The molecule has 0 saturated heterocycles. The van der Waals surface area contributed by atoms with E-state index in [9.17, 15) is 4.79 Å².